The van der Waals surface area contributed by atoms with Crippen LogP contribution in [-0.2, 0) is 4.79 Å². The van der Waals surface area contributed by atoms with Crippen molar-refractivity contribution in [1.29, 1.82) is 0 Å². The Kier molecular flexibility index (Phi) is 3.31. The molecular formula is C5H9F3N2O. The maximum atomic E-state index is 11.5. The zero-order chi connectivity index (χ0) is 9.07. The van der Waals surface area contributed by atoms with Crippen LogP contribution in [0, 0.1) is 0 Å². The molecule has 1 atom stereocenters. The largest absolute Gasteiger partial charge is 0.401 e. The van der Waals surface area contributed by atoms with Crippen LogP contribution in [-0.4, -0.2) is 24.7 Å². The van der Waals surface area contributed by atoms with Crippen molar-refractivity contribution in [2.45, 2.75) is 19.1 Å². The minimum Gasteiger partial charge on any atom is -0.368 e. The number of nitrogens with one attached hydrogen (secondary N) is 1. The van der Waals surface area contributed by atoms with Crippen LogP contribution in [0.2, 0.25) is 0 Å². The molecule has 0 bridgehead atoms. The van der Waals surface area contributed by atoms with Gasteiger partial charge < -0.3 is 5.73 Å². The minimum atomic E-state index is -4.30. The summed E-state index contributed by atoms with van der Waals surface area (Å²) in [6.07, 6.45) is -4.30. The van der Waals surface area contributed by atoms with Crippen LogP contribution in [0.15, 0.2) is 0 Å². The van der Waals surface area contributed by atoms with Gasteiger partial charge in [0, 0.05) is 0 Å². The number of carbonyl (C=O) groups is 1. The van der Waals surface area contributed by atoms with E-state index in [-0.39, 0.29) is 0 Å². The first-order chi connectivity index (χ1) is 4.83. The Morgan fingerprint density at radius 2 is 2.09 bits per heavy atom. The summed E-state index contributed by atoms with van der Waals surface area (Å²) in [4.78, 5) is 10.2. The molecular weight excluding hydrogens is 161 g/mol. The predicted molar refractivity (Wildman–Crippen MR) is 32.7 cm³/mol. The molecule has 0 radical (unpaired) electrons. The van der Waals surface area contributed by atoms with Crippen molar-refractivity contribution >= 4 is 5.91 Å². The van der Waals surface area contributed by atoms with Gasteiger partial charge in [0.25, 0.3) is 0 Å². The molecule has 0 aliphatic heterocycles. The third-order valence-electron chi connectivity index (χ3n) is 1.04. The van der Waals surface area contributed by atoms with Gasteiger partial charge in [-0.05, 0) is 6.92 Å². The fourth-order valence-corrected chi connectivity index (χ4v) is 0.369. The van der Waals surface area contributed by atoms with Crippen molar-refractivity contribution in [1.82, 2.24) is 5.32 Å². The van der Waals surface area contributed by atoms with Gasteiger partial charge in [-0.25, -0.2) is 0 Å². The molecule has 6 heteroatoms. The van der Waals surface area contributed by atoms with Crippen molar-refractivity contribution in [3.05, 3.63) is 0 Å². The molecule has 0 saturated carbocycles. The van der Waals surface area contributed by atoms with Gasteiger partial charge in [-0.15, -0.1) is 0 Å². The third kappa shape index (κ3) is 5.65. The van der Waals surface area contributed by atoms with Gasteiger partial charge in [-0.3, -0.25) is 10.1 Å². The summed E-state index contributed by atoms with van der Waals surface area (Å²) in [6, 6.07) is -0.948. The number of carbonyl (C=O) groups excluding carboxylic acids is 1. The van der Waals surface area contributed by atoms with Crippen LogP contribution in [0.3, 0.4) is 0 Å². The van der Waals surface area contributed by atoms with Gasteiger partial charge in [-0.2, -0.15) is 13.2 Å². The smallest absolute Gasteiger partial charge is 0.368 e. The summed E-state index contributed by atoms with van der Waals surface area (Å²) in [6.45, 7) is 0.0746. The molecule has 0 heterocycles. The highest BCUT2D eigenvalue weighted by molar-refractivity contribution is 5.79. The molecule has 3 N–H and O–H groups in total. The molecule has 0 spiro atoms. The number of rotatable bonds is 3. The van der Waals surface area contributed by atoms with Crippen molar-refractivity contribution in [3.8, 4) is 0 Å². The van der Waals surface area contributed by atoms with Crippen LogP contribution >= 0.6 is 0 Å². The zero-order valence-corrected chi connectivity index (χ0v) is 5.90. The topological polar surface area (TPSA) is 55.1 Å². The average molecular weight is 170 g/mol. The molecule has 0 aliphatic rings. The van der Waals surface area contributed by atoms with E-state index in [0.29, 0.717) is 0 Å². The number of primary amides is 1. The van der Waals surface area contributed by atoms with E-state index in [1.807, 2.05) is 5.32 Å². The van der Waals surface area contributed by atoms with Gasteiger partial charge in [0.05, 0.1) is 12.6 Å². The van der Waals surface area contributed by atoms with E-state index in [4.69, 9.17) is 5.73 Å². The molecule has 3 nitrogen and oxygen atoms in total. The second-order valence-electron chi connectivity index (χ2n) is 2.12. The molecule has 0 fully saturated rings. The van der Waals surface area contributed by atoms with Gasteiger partial charge in [0.1, 0.15) is 0 Å². The summed E-state index contributed by atoms with van der Waals surface area (Å²) in [5.41, 5.74) is 4.70. The minimum absolute atomic E-state index is 0.797. The molecule has 0 saturated heterocycles. The standard InChI is InChI=1S/C5H9F3N2O/c1-3(4(9)11)10-2-5(6,7)8/h3,10H,2H2,1H3,(H2,9,11). The average Bonchev–Trinajstić information content (AvgIpc) is 1.80. The van der Waals surface area contributed by atoms with Crippen molar-refractivity contribution in [2.24, 2.45) is 5.73 Å². The van der Waals surface area contributed by atoms with Crippen LogP contribution in [0.4, 0.5) is 13.2 Å². The Hall–Kier alpha value is -0.780. The maximum Gasteiger partial charge on any atom is 0.401 e. The Balaban J connectivity index is 3.63. The van der Waals surface area contributed by atoms with Gasteiger partial charge in [0.2, 0.25) is 5.91 Å². The molecule has 66 valence electrons. The van der Waals surface area contributed by atoms with Crippen molar-refractivity contribution in [3.63, 3.8) is 0 Å². The van der Waals surface area contributed by atoms with Crippen molar-refractivity contribution in [2.75, 3.05) is 6.54 Å². The highest BCUT2D eigenvalue weighted by atomic mass is 19.4. The normalized spacial score (nSPS) is 14.5. The van der Waals surface area contributed by atoms with Gasteiger partial charge >= 0.3 is 6.18 Å². The first-order valence-electron chi connectivity index (χ1n) is 2.92. The number of alkyl halides is 3. The SMILES string of the molecule is CC(NCC(F)(F)F)C(N)=O. The fraction of sp³-hybridized carbons (Fsp3) is 0.800. The van der Waals surface area contributed by atoms with Crippen LogP contribution in [0.5, 0.6) is 0 Å². The van der Waals surface area contributed by atoms with Crippen LogP contribution < -0.4 is 11.1 Å². The monoisotopic (exact) mass is 170 g/mol. The van der Waals surface area contributed by atoms with Crippen LogP contribution in [0.1, 0.15) is 6.92 Å². The van der Waals surface area contributed by atoms with E-state index >= 15 is 0 Å². The van der Waals surface area contributed by atoms with Gasteiger partial charge in [-0.1, -0.05) is 0 Å². The zero-order valence-electron chi connectivity index (χ0n) is 5.90. The number of halogens is 3. The predicted octanol–water partition coefficient (Wildman–Crippen LogP) is 0.0121. The number of hydrogen-bond acceptors (Lipinski definition) is 2. The molecule has 11 heavy (non-hydrogen) atoms. The maximum absolute atomic E-state index is 11.5. The lowest BCUT2D eigenvalue weighted by atomic mass is 10.3. The summed E-state index contributed by atoms with van der Waals surface area (Å²) >= 11 is 0. The van der Waals surface area contributed by atoms with E-state index in [1.54, 1.807) is 0 Å². The van der Waals surface area contributed by atoms with Crippen LogP contribution in [0.25, 0.3) is 0 Å². The molecule has 0 rings (SSSR count). The van der Waals surface area contributed by atoms with E-state index in [1.165, 1.54) is 6.92 Å². The first kappa shape index (κ1) is 10.2. The molecule has 1 amide bonds. The van der Waals surface area contributed by atoms with E-state index in [0.717, 1.165) is 0 Å². The first-order valence-corrected chi connectivity index (χ1v) is 2.92. The van der Waals surface area contributed by atoms with E-state index in [2.05, 4.69) is 0 Å². The Morgan fingerprint density at radius 3 is 2.36 bits per heavy atom. The van der Waals surface area contributed by atoms with E-state index < -0.39 is 24.7 Å². The Bertz CT molecular complexity index is 145. The lowest BCUT2D eigenvalue weighted by molar-refractivity contribution is -0.130. The highest BCUT2D eigenvalue weighted by Crippen LogP contribution is 2.12. The Morgan fingerprint density at radius 1 is 1.64 bits per heavy atom. The molecule has 0 aromatic carbocycles. The number of amides is 1. The van der Waals surface area contributed by atoms with E-state index in [9.17, 15) is 18.0 Å². The summed E-state index contributed by atoms with van der Waals surface area (Å²) in [7, 11) is 0. The third-order valence-corrected chi connectivity index (χ3v) is 1.04. The highest BCUT2D eigenvalue weighted by Gasteiger charge is 2.27. The summed E-state index contributed by atoms with van der Waals surface area (Å²) in [5.74, 6) is -0.797. The Labute approximate surface area is 61.7 Å². The molecule has 0 aromatic heterocycles. The second-order valence-corrected chi connectivity index (χ2v) is 2.12. The lowest BCUT2D eigenvalue weighted by Gasteiger charge is -2.11. The second kappa shape index (κ2) is 3.56. The number of hydrogen-bond donors (Lipinski definition) is 2. The summed E-state index contributed by atoms with van der Waals surface area (Å²) < 4.78 is 34.4. The van der Waals surface area contributed by atoms with Gasteiger partial charge in [0.15, 0.2) is 0 Å². The van der Waals surface area contributed by atoms with Crippen molar-refractivity contribution < 1.29 is 18.0 Å². The lowest BCUT2D eigenvalue weighted by Crippen LogP contribution is -2.43. The fourth-order valence-electron chi connectivity index (χ4n) is 0.369. The number of nitrogens with two attached hydrogens (primary N) is 1. The molecule has 0 aromatic rings. The summed E-state index contributed by atoms with van der Waals surface area (Å²) in [5, 5.41) is 1.92. The molecule has 0 aliphatic carbocycles. The quantitative estimate of drug-likeness (QED) is 0.627. The molecule has 1 unspecified atom stereocenters.